The van der Waals surface area contributed by atoms with Crippen LogP contribution in [0.15, 0.2) is 0 Å². The molecule has 1 aliphatic rings. The van der Waals surface area contributed by atoms with Gasteiger partial charge in [-0.15, -0.1) is 12.4 Å². The molecule has 1 atom stereocenters. The van der Waals surface area contributed by atoms with Gasteiger partial charge in [-0.25, -0.2) is 0 Å². The number of carbonyl (C=O) groups is 1. The molecule has 1 unspecified atom stereocenters. The summed E-state index contributed by atoms with van der Waals surface area (Å²) in [6.07, 6.45) is 4.22. The van der Waals surface area contributed by atoms with Crippen LogP contribution in [-0.4, -0.2) is 30.4 Å². The van der Waals surface area contributed by atoms with Crippen molar-refractivity contribution in [1.82, 2.24) is 4.90 Å². The molecule has 0 aromatic heterocycles. The zero-order valence-corrected chi connectivity index (χ0v) is 7.35. The van der Waals surface area contributed by atoms with Gasteiger partial charge >= 0.3 is 0 Å². The SMILES string of the molecule is Cl.NC1CCCCN(C=O)C1. The molecule has 0 aromatic rings. The molecule has 0 spiro atoms. The van der Waals surface area contributed by atoms with Crippen LogP contribution in [0.4, 0.5) is 0 Å². The second-order valence-electron chi connectivity index (χ2n) is 2.86. The molecular formula is C7H15ClN2O. The number of hydrogen-bond acceptors (Lipinski definition) is 2. The summed E-state index contributed by atoms with van der Waals surface area (Å²) in [5, 5.41) is 0. The van der Waals surface area contributed by atoms with Gasteiger partial charge < -0.3 is 10.6 Å². The van der Waals surface area contributed by atoms with E-state index in [2.05, 4.69) is 0 Å². The smallest absolute Gasteiger partial charge is 0.209 e. The lowest BCUT2D eigenvalue weighted by Crippen LogP contribution is -2.34. The lowest BCUT2D eigenvalue weighted by atomic mass is 10.2. The van der Waals surface area contributed by atoms with E-state index >= 15 is 0 Å². The maximum atomic E-state index is 10.3. The zero-order valence-electron chi connectivity index (χ0n) is 6.53. The van der Waals surface area contributed by atoms with Gasteiger partial charge in [-0.2, -0.15) is 0 Å². The van der Waals surface area contributed by atoms with Crippen LogP contribution in [-0.2, 0) is 4.79 Å². The molecule has 0 bridgehead atoms. The van der Waals surface area contributed by atoms with Gasteiger partial charge in [-0.3, -0.25) is 4.79 Å². The van der Waals surface area contributed by atoms with Crippen LogP contribution >= 0.6 is 12.4 Å². The summed E-state index contributed by atoms with van der Waals surface area (Å²) < 4.78 is 0. The summed E-state index contributed by atoms with van der Waals surface area (Å²) in [4.78, 5) is 12.1. The van der Waals surface area contributed by atoms with Crippen LogP contribution in [0.3, 0.4) is 0 Å². The number of halogens is 1. The molecule has 4 heteroatoms. The van der Waals surface area contributed by atoms with Crippen molar-refractivity contribution in [3.05, 3.63) is 0 Å². The van der Waals surface area contributed by atoms with Crippen molar-refractivity contribution in [3.8, 4) is 0 Å². The van der Waals surface area contributed by atoms with Crippen molar-refractivity contribution >= 4 is 18.8 Å². The van der Waals surface area contributed by atoms with E-state index in [1.807, 2.05) is 0 Å². The topological polar surface area (TPSA) is 46.3 Å². The van der Waals surface area contributed by atoms with Crippen LogP contribution in [0.25, 0.3) is 0 Å². The first-order chi connectivity index (χ1) is 4.83. The summed E-state index contributed by atoms with van der Waals surface area (Å²) in [5.41, 5.74) is 5.70. The largest absolute Gasteiger partial charge is 0.344 e. The maximum Gasteiger partial charge on any atom is 0.209 e. The summed E-state index contributed by atoms with van der Waals surface area (Å²) in [6, 6.07) is 0.202. The Balaban J connectivity index is 0.000001000. The van der Waals surface area contributed by atoms with Gasteiger partial charge in [0.15, 0.2) is 0 Å². The first kappa shape index (κ1) is 10.7. The third-order valence-corrected chi connectivity index (χ3v) is 1.89. The van der Waals surface area contributed by atoms with Crippen LogP contribution in [0, 0.1) is 0 Å². The number of nitrogens with zero attached hydrogens (tertiary/aromatic N) is 1. The zero-order chi connectivity index (χ0) is 7.40. The molecule has 0 saturated carbocycles. The standard InChI is InChI=1S/C7H14N2O.ClH/c8-7-3-1-2-4-9(5-7)6-10;/h6-7H,1-5,8H2;1H. The quantitative estimate of drug-likeness (QED) is 0.591. The van der Waals surface area contributed by atoms with Crippen LogP contribution in [0.1, 0.15) is 19.3 Å². The highest BCUT2D eigenvalue weighted by Gasteiger charge is 2.12. The number of amides is 1. The molecule has 66 valence electrons. The molecular weight excluding hydrogens is 164 g/mol. The van der Waals surface area contributed by atoms with Crippen molar-refractivity contribution < 1.29 is 4.79 Å². The van der Waals surface area contributed by atoms with E-state index in [1.54, 1.807) is 4.90 Å². The van der Waals surface area contributed by atoms with Gasteiger partial charge in [0, 0.05) is 19.1 Å². The van der Waals surface area contributed by atoms with Crippen LogP contribution < -0.4 is 5.73 Å². The maximum absolute atomic E-state index is 10.3. The monoisotopic (exact) mass is 178 g/mol. The molecule has 0 aromatic carbocycles. The Bertz CT molecular complexity index is 121. The minimum absolute atomic E-state index is 0. The minimum atomic E-state index is 0. The third kappa shape index (κ3) is 3.58. The summed E-state index contributed by atoms with van der Waals surface area (Å²) in [6.45, 7) is 1.63. The van der Waals surface area contributed by atoms with E-state index in [0.717, 1.165) is 38.8 Å². The Labute approximate surface area is 73.3 Å². The van der Waals surface area contributed by atoms with E-state index in [1.165, 1.54) is 0 Å². The Kier molecular flexibility index (Phi) is 5.24. The van der Waals surface area contributed by atoms with E-state index < -0.39 is 0 Å². The van der Waals surface area contributed by atoms with Gasteiger partial charge in [0.1, 0.15) is 0 Å². The molecule has 1 amide bonds. The van der Waals surface area contributed by atoms with Crippen molar-refractivity contribution in [1.29, 1.82) is 0 Å². The van der Waals surface area contributed by atoms with Gasteiger partial charge in [0.25, 0.3) is 0 Å². The molecule has 1 heterocycles. The fraction of sp³-hybridized carbons (Fsp3) is 0.857. The lowest BCUT2D eigenvalue weighted by molar-refractivity contribution is -0.118. The summed E-state index contributed by atoms with van der Waals surface area (Å²) in [5.74, 6) is 0. The van der Waals surface area contributed by atoms with Gasteiger partial charge in [-0.1, -0.05) is 6.42 Å². The van der Waals surface area contributed by atoms with Crippen LogP contribution in [0.5, 0.6) is 0 Å². The average molecular weight is 179 g/mol. The molecule has 0 aliphatic carbocycles. The van der Waals surface area contributed by atoms with E-state index in [-0.39, 0.29) is 18.4 Å². The first-order valence-corrected chi connectivity index (χ1v) is 3.78. The molecule has 11 heavy (non-hydrogen) atoms. The number of likely N-dealkylation sites (tertiary alicyclic amines) is 1. The highest BCUT2D eigenvalue weighted by molar-refractivity contribution is 5.85. The normalized spacial score (nSPS) is 25.2. The molecule has 0 radical (unpaired) electrons. The molecule has 1 aliphatic heterocycles. The highest BCUT2D eigenvalue weighted by atomic mass is 35.5. The Hall–Kier alpha value is -0.280. The van der Waals surface area contributed by atoms with E-state index in [9.17, 15) is 4.79 Å². The Morgan fingerprint density at radius 1 is 1.45 bits per heavy atom. The second kappa shape index (κ2) is 5.38. The second-order valence-corrected chi connectivity index (χ2v) is 2.86. The van der Waals surface area contributed by atoms with Crippen molar-refractivity contribution in [2.24, 2.45) is 5.73 Å². The number of rotatable bonds is 1. The average Bonchev–Trinajstić information content (AvgIpc) is 2.13. The lowest BCUT2D eigenvalue weighted by Gasteiger charge is -2.16. The minimum Gasteiger partial charge on any atom is -0.344 e. The van der Waals surface area contributed by atoms with Gasteiger partial charge in [0.2, 0.25) is 6.41 Å². The fourth-order valence-corrected chi connectivity index (χ4v) is 1.30. The number of carbonyl (C=O) groups excluding carboxylic acids is 1. The third-order valence-electron chi connectivity index (χ3n) is 1.89. The van der Waals surface area contributed by atoms with Crippen molar-refractivity contribution in [2.75, 3.05) is 13.1 Å². The Morgan fingerprint density at radius 2 is 2.18 bits per heavy atom. The van der Waals surface area contributed by atoms with Crippen molar-refractivity contribution in [2.45, 2.75) is 25.3 Å². The Morgan fingerprint density at radius 3 is 2.82 bits per heavy atom. The predicted octanol–water partition coefficient (Wildman–Crippen LogP) is 0.378. The fourth-order valence-electron chi connectivity index (χ4n) is 1.30. The van der Waals surface area contributed by atoms with Gasteiger partial charge in [-0.05, 0) is 12.8 Å². The summed E-state index contributed by atoms with van der Waals surface area (Å²) >= 11 is 0. The molecule has 3 nitrogen and oxygen atoms in total. The molecule has 1 rings (SSSR count). The molecule has 1 fully saturated rings. The van der Waals surface area contributed by atoms with E-state index in [4.69, 9.17) is 5.73 Å². The van der Waals surface area contributed by atoms with Gasteiger partial charge in [0.05, 0.1) is 0 Å². The first-order valence-electron chi connectivity index (χ1n) is 3.78. The number of nitrogens with two attached hydrogens (primary N) is 1. The molecule has 1 saturated heterocycles. The number of hydrogen-bond donors (Lipinski definition) is 1. The predicted molar refractivity (Wildman–Crippen MR) is 46.7 cm³/mol. The highest BCUT2D eigenvalue weighted by Crippen LogP contribution is 2.06. The summed E-state index contributed by atoms with van der Waals surface area (Å²) in [7, 11) is 0. The van der Waals surface area contributed by atoms with Crippen LogP contribution in [0.2, 0.25) is 0 Å². The van der Waals surface area contributed by atoms with Crippen molar-refractivity contribution in [3.63, 3.8) is 0 Å². The van der Waals surface area contributed by atoms with E-state index in [0.29, 0.717) is 0 Å². The molecule has 2 N–H and O–H groups in total.